The lowest BCUT2D eigenvalue weighted by Gasteiger charge is -2.09. The van der Waals surface area contributed by atoms with Gasteiger partial charge in [-0.1, -0.05) is 201 Å². The maximum atomic E-state index is 9.06. The fourth-order valence-electron chi connectivity index (χ4n) is 10.3. The molecule has 84 heavy (non-hydrogen) atoms. The van der Waals surface area contributed by atoms with E-state index in [4.69, 9.17) is 42.6 Å². The summed E-state index contributed by atoms with van der Waals surface area (Å²) >= 11 is 0. The van der Waals surface area contributed by atoms with Gasteiger partial charge in [0, 0.05) is 12.4 Å². The van der Waals surface area contributed by atoms with Gasteiger partial charge in [0.15, 0.2) is 32.5 Å². The highest BCUT2D eigenvalue weighted by Gasteiger charge is 2.25. The standard InChI is InChI=1S/2C16H14BNO.2C15H13BN2O.4C2H6/c1-17-10-9-12-11-15(7-8-16(12)17)19-14-5-3-13(18-2)4-6-14;1-17-9-8-12-10-14(6-7-15(12)17)19-16-5-3-2-4-13(16)11-18;1-16-8-7-11-9-13(4-5-14(11)16)19-15-6-3-12(17-2)10-18-15;1-16-7-6-11-9-13(4-5-14(11)16)19-15-12(10-17)3-2-8-18-15;4*1-2/h3-8,11H,9-10H2,1H3;2-7,10H,8-9H2,1H3;3-6,9-10H,7-8H2,1H3;2-5,8-9H,6-7H2,1H3;4*1-2H3. The van der Waals surface area contributed by atoms with Crippen LogP contribution in [-0.4, -0.2) is 36.8 Å². The van der Waals surface area contributed by atoms with E-state index in [0.29, 0.717) is 66.9 Å². The molecule has 8 aromatic rings. The Hall–Kier alpha value is -8.96. The molecule has 0 atom stereocenters. The molecule has 0 N–H and O–H groups in total. The van der Waals surface area contributed by atoms with Crippen molar-refractivity contribution in [2.45, 2.75) is 134 Å². The number of para-hydroxylation sites is 1. The Balaban J connectivity index is 0.000000197. The Bertz CT molecular complexity index is 3320. The number of rotatable bonds is 8. The predicted octanol–water partition coefficient (Wildman–Crippen LogP) is 17.2. The van der Waals surface area contributed by atoms with E-state index >= 15 is 0 Å². The number of ether oxygens (including phenoxy) is 4. The van der Waals surface area contributed by atoms with Gasteiger partial charge in [-0.05, 0) is 123 Å². The van der Waals surface area contributed by atoms with Gasteiger partial charge in [0.2, 0.25) is 17.4 Å². The smallest absolute Gasteiger partial charge is 0.237 e. The van der Waals surface area contributed by atoms with E-state index in [9.17, 15) is 0 Å². The second-order valence-corrected chi connectivity index (χ2v) is 19.8. The van der Waals surface area contributed by atoms with Crippen molar-refractivity contribution in [3.05, 3.63) is 214 Å². The van der Waals surface area contributed by atoms with Gasteiger partial charge in [-0.15, -0.1) is 0 Å². The van der Waals surface area contributed by atoms with Gasteiger partial charge in [0.05, 0.1) is 18.7 Å². The third-order valence-corrected chi connectivity index (χ3v) is 14.6. The molecule has 10 nitrogen and oxygen atoms in total. The third kappa shape index (κ3) is 18.0. The summed E-state index contributed by atoms with van der Waals surface area (Å²) in [6, 6.07) is 50.6. The summed E-state index contributed by atoms with van der Waals surface area (Å²) in [4.78, 5) is 14.9. The molecule has 0 fully saturated rings. The molecule has 12 rings (SSSR count). The maximum Gasteiger partial charge on any atom is 0.237 e. The average molecular weight is 1110 g/mol. The van der Waals surface area contributed by atoms with Crippen LogP contribution in [0.4, 0.5) is 11.4 Å². The molecule has 6 aromatic carbocycles. The van der Waals surface area contributed by atoms with E-state index in [1.165, 1.54) is 75.6 Å². The van der Waals surface area contributed by atoms with Crippen molar-refractivity contribution in [1.29, 1.82) is 10.5 Å². The van der Waals surface area contributed by atoms with Gasteiger partial charge in [-0.3, -0.25) is 0 Å². The van der Waals surface area contributed by atoms with Crippen LogP contribution in [0.2, 0.25) is 52.6 Å². The second-order valence-electron chi connectivity index (χ2n) is 19.8. The number of hydrogen-bond acceptors (Lipinski definition) is 8. The van der Waals surface area contributed by atoms with Crippen molar-refractivity contribution >= 4 is 60.1 Å². The fraction of sp³-hybridized carbons (Fsp3) is 0.286. The summed E-state index contributed by atoms with van der Waals surface area (Å²) in [6.07, 6.45) is 12.5. The van der Waals surface area contributed by atoms with Crippen molar-refractivity contribution in [2.24, 2.45) is 0 Å². The minimum absolute atomic E-state index is 0.371. The van der Waals surface area contributed by atoms with E-state index in [0.717, 1.165) is 54.4 Å². The van der Waals surface area contributed by atoms with Crippen LogP contribution in [0.1, 0.15) is 88.8 Å². The molecular formula is C70H78B4N6O4. The first kappa shape index (κ1) is 65.8. The fourth-order valence-corrected chi connectivity index (χ4v) is 10.3. The SMILES string of the molecule is CB1CCc2cc(Oc3ccccc3C#N)ccc21.CB1CCc2cc(Oc3ncccc3C#N)ccc21.CC.CC.CC.CC.[C-]#[N+]c1ccc(Oc2ccc3c(c2)CCB3C)cc1.[C-]#[N+]c1ccc(Oc2ccc3c(c2)CCB3C)nc1. The summed E-state index contributed by atoms with van der Waals surface area (Å²) in [7, 11) is 0. The Labute approximate surface area is 503 Å². The first-order valence-electron chi connectivity index (χ1n) is 30.0. The van der Waals surface area contributed by atoms with Crippen LogP contribution in [0.15, 0.2) is 158 Å². The number of hydrogen-bond donors (Lipinski definition) is 0. The van der Waals surface area contributed by atoms with Gasteiger partial charge in [0.25, 0.3) is 0 Å². The molecule has 4 aliphatic heterocycles. The Morgan fingerprint density at radius 2 is 0.810 bits per heavy atom. The predicted molar refractivity (Wildman–Crippen MR) is 354 cm³/mol. The van der Waals surface area contributed by atoms with E-state index in [1.807, 2.05) is 110 Å². The average Bonchev–Trinajstić information content (AvgIpc) is 4.50. The summed E-state index contributed by atoms with van der Waals surface area (Å²) < 4.78 is 23.1. The number of aryl methyl sites for hydroxylation is 4. The van der Waals surface area contributed by atoms with Crippen LogP contribution < -0.4 is 40.8 Å². The molecule has 0 unspecified atom stereocenters. The highest BCUT2D eigenvalue weighted by molar-refractivity contribution is 6.75. The number of fused-ring (bicyclic) bond motifs is 4. The van der Waals surface area contributed by atoms with Crippen molar-refractivity contribution in [3.63, 3.8) is 0 Å². The minimum Gasteiger partial charge on any atom is -0.457 e. The third-order valence-electron chi connectivity index (χ3n) is 14.6. The van der Waals surface area contributed by atoms with E-state index < -0.39 is 0 Å². The minimum atomic E-state index is 0.371. The van der Waals surface area contributed by atoms with Gasteiger partial charge in [-0.25, -0.2) is 19.7 Å². The summed E-state index contributed by atoms with van der Waals surface area (Å²) in [6.45, 7) is 41.5. The number of aromatic nitrogens is 2. The van der Waals surface area contributed by atoms with Crippen LogP contribution in [0.5, 0.6) is 46.3 Å². The molecule has 14 heteroatoms. The number of nitriles is 2. The van der Waals surface area contributed by atoms with Crippen molar-refractivity contribution in [1.82, 2.24) is 9.97 Å². The molecule has 2 aromatic heterocycles. The van der Waals surface area contributed by atoms with Crippen LogP contribution in [0.25, 0.3) is 9.69 Å². The monoisotopic (exact) mass is 1110 g/mol. The molecular weight excluding hydrogens is 1030 g/mol. The molecule has 0 saturated heterocycles. The molecule has 0 amide bonds. The van der Waals surface area contributed by atoms with Crippen molar-refractivity contribution in [2.75, 3.05) is 0 Å². The Morgan fingerprint density at radius 1 is 0.417 bits per heavy atom. The maximum absolute atomic E-state index is 9.06. The van der Waals surface area contributed by atoms with E-state index in [1.54, 1.807) is 48.7 Å². The van der Waals surface area contributed by atoms with Gasteiger partial charge >= 0.3 is 0 Å². The molecule has 0 spiro atoms. The molecule has 0 radical (unpaired) electrons. The van der Waals surface area contributed by atoms with Crippen molar-refractivity contribution < 1.29 is 18.9 Å². The molecule has 0 aliphatic carbocycles. The van der Waals surface area contributed by atoms with Crippen LogP contribution in [-0.2, 0) is 25.7 Å². The normalized spacial score (nSPS) is 12.0. The lowest BCUT2D eigenvalue weighted by atomic mass is 9.48. The summed E-state index contributed by atoms with van der Waals surface area (Å²) in [5.74, 6) is 5.56. The van der Waals surface area contributed by atoms with Gasteiger partial charge in [0.1, 0.15) is 52.2 Å². The second kappa shape index (κ2) is 34.5. The zero-order valence-electron chi connectivity index (χ0n) is 51.3. The number of pyridine rings is 2. The quantitative estimate of drug-likeness (QED) is 0.109. The van der Waals surface area contributed by atoms with Crippen LogP contribution >= 0.6 is 0 Å². The highest BCUT2D eigenvalue weighted by atomic mass is 16.5. The molecule has 4 aliphatic rings. The lowest BCUT2D eigenvalue weighted by molar-refractivity contribution is 0.461. The van der Waals surface area contributed by atoms with Crippen molar-refractivity contribution in [3.8, 4) is 58.4 Å². The molecule has 0 bridgehead atoms. The molecule has 6 heterocycles. The lowest BCUT2D eigenvalue weighted by Crippen LogP contribution is -2.21. The largest absolute Gasteiger partial charge is 0.457 e. The topological polar surface area (TPSA) is 119 Å². The number of nitrogens with zero attached hydrogens (tertiary/aromatic N) is 6. The van der Waals surface area contributed by atoms with E-state index in [-0.39, 0.29) is 0 Å². The zero-order chi connectivity index (χ0) is 61.0. The molecule has 0 saturated carbocycles. The highest BCUT2D eigenvalue weighted by Crippen LogP contribution is 2.30. The number of benzene rings is 6. The first-order valence-corrected chi connectivity index (χ1v) is 30.0. The van der Waals surface area contributed by atoms with Crippen LogP contribution in [0.3, 0.4) is 0 Å². The van der Waals surface area contributed by atoms with Gasteiger partial charge < -0.3 is 18.9 Å². The summed E-state index contributed by atoms with van der Waals surface area (Å²) in [5, 5.41) is 18.1. The zero-order valence-corrected chi connectivity index (χ0v) is 51.3. The summed E-state index contributed by atoms with van der Waals surface area (Å²) in [5.41, 5.74) is 13.4. The first-order chi connectivity index (χ1) is 41.1. The van der Waals surface area contributed by atoms with E-state index in [2.05, 4.69) is 108 Å². The van der Waals surface area contributed by atoms with Crippen LogP contribution in [0, 0.1) is 35.8 Å². The van der Waals surface area contributed by atoms with Gasteiger partial charge in [-0.2, -0.15) is 10.5 Å². The molecule has 424 valence electrons. The Morgan fingerprint density at radius 3 is 1.24 bits per heavy atom. The Kier molecular flexibility index (Phi) is 27.0.